The number of nitriles is 1. The van der Waals surface area contributed by atoms with Crippen LogP contribution in [0.5, 0.6) is 0 Å². The summed E-state index contributed by atoms with van der Waals surface area (Å²) in [6.07, 6.45) is -13.1. The van der Waals surface area contributed by atoms with Crippen molar-refractivity contribution in [2.24, 2.45) is 0 Å². The number of hydrogen-bond donors (Lipinski definition) is 4. The lowest BCUT2D eigenvalue weighted by molar-refractivity contribution is -0.141. The second-order valence-electron chi connectivity index (χ2n) is 10.3. The predicted octanol–water partition coefficient (Wildman–Crippen LogP) is 9.09. The van der Waals surface area contributed by atoms with E-state index in [1.807, 2.05) is 0 Å². The minimum Gasteiger partial charge on any atom is -0.511 e. The average Bonchev–Trinajstić information content (AvgIpc) is 3.09. The molecule has 5 N–H and O–H groups in total. The van der Waals surface area contributed by atoms with Crippen molar-refractivity contribution in [3.63, 3.8) is 0 Å². The molecule has 3 aromatic carbocycles. The van der Waals surface area contributed by atoms with Gasteiger partial charge in [-0.05, 0) is 98.2 Å². The number of aliphatic hydroxyl groups excluding tert-OH is 1. The summed E-state index contributed by atoms with van der Waals surface area (Å²) in [7, 11) is 0. The van der Waals surface area contributed by atoms with Crippen LogP contribution in [0.2, 0.25) is 0 Å². The molecule has 0 aromatic heterocycles. The largest absolute Gasteiger partial charge is 0.511 e. The fourth-order valence-corrected chi connectivity index (χ4v) is 3.19. The molecule has 0 saturated carbocycles. The number of hydrogen-bond acceptors (Lipinski definition) is 8. The van der Waals surface area contributed by atoms with Crippen LogP contribution in [0.3, 0.4) is 0 Å². The van der Waals surface area contributed by atoms with Gasteiger partial charge < -0.3 is 35.9 Å². The number of nitrogen functional groups attached to an aromatic ring is 1. The first kappa shape index (κ1) is 53.3. The number of aliphatic hydroxyl groups is 1. The molecule has 0 aliphatic carbocycles. The molecule has 3 aromatic rings. The maximum atomic E-state index is 12.3. The summed E-state index contributed by atoms with van der Waals surface area (Å²) < 4.78 is 113. The molecule has 0 heterocycles. The van der Waals surface area contributed by atoms with E-state index in [-0.39, 0.29) is 29.7 Å². The van der Waals surface area contributed by atoms with Crippen LogP contribution in [-0.2, 0) is 42.4 Å². The standard InChI is InChI=1S/C12H9F3N2O2.C10H7F3N2O.C7H6F3N.C5H7NO2.C2H3ClO/c1-7(18)10(6-16)11(19)17-9-4-2-8(3-5-9)12(13,14)15;1-14-6-9(16)15-8-4-2-7(3-5-8)10(11,12)13;8-7(9,10)5-1-3-6(11)4-2-5;1-3-8-5(7)4-6-2;1-2(3)4/h2-5,18H,1H3,(H,17,19);2-5H,6H2,(H,15,16);1-4H,11H2;3-4H2,1H3;1H3/b10-7-;;;;. The van der Waals surface area contributed by atoms with E-state index in [0.717, 1.165) is 67.6 Å². The highest BCUT2D eigenvalue weighted by Gasteiger charge is 2.31. The molecule has 0 atom stereocenters. The van der Waals surface area contributed by atoms with Gasteiger partial charge in [-0.2, -0.15) is 44.8 Å². The molecule has 312 valence electrons. The van der Waals surface area contributed by atoms with Crippen molar-refractivity contribution in [1.29, 1.82) is 5.26 Å². The summed E-state index contributed by atoms with van der Waals surface area (Å²) in [5, 5.41) is 21.8. The van der Waals surface area contributed by atoms with Gasteiger partial charge in [-0.25, -0.2) is 17.9 Å². The number of alkyl halides is 9. The average molecular weight is 851 g/mol. The van der Waals surface area contributed by atoms with Crippen molar-refractivity contribution in [3.05, 3.63) is 124 Å². The first-order valence-corrected chi connectivity index (χ1v) is 15.8. The highest BCUT2D eigenvalue weighted by Crippen LogP contribution is 2.31. The SMILES string of the molecule is C/C(O)=C(\C#N)C(=O)Nc1ccc(C(F)(F)F)cc1.CC(=O)Cl.Nc1ccc(C(F)(F)F)cc1.[C-]#[N+]CC(=O)Nc1ccc(C(F)(F)F)cc1.[C-]#[N+]CC(=O)OCC. The second kappa shape index (κ2) is 26.1. The number of ether oxygens (including phenoxy) is 1. The van der Waals surface area contributed by atoms with Crippen LogP contribution >= 0.6 is 11.6 Å². The first-order valence-electron chi connectivity index (χ1n) is 15.4. The molecule has 3 rings (SSSR count). The minimum absolute atomic E-state index is 0.0898. The molecule has 58 heavy (non-hydrogen) atoms. The number of amides is 2. The Hall–Kier alpha value is -6.79. The summed E-state index contributed by atoms with van der Waals surface area (Å²) in [5.74, 6) is -2.34. The topological polar surface area (TPSA) is 180 Å². The third kappa shape index (κ3) is 24.6. The fourth-order valence-electron chi connectivity index (χ4n) is 3.19. The molecule has 22 heteroatoms. The highest BCUT2D eigenvalue weighted by molar-refractivity contribution is 6.62. The lowest BCUT2D eigenvalue weighted by Gasteiger charge is -2.08. The summed E-state index contributed by atoms with van der Waals surface area (Å²) in [6, 6.07) is 13.6. The number of nitrogens with zero attached hydrogens (tertiary/aromatic N) is 3. The highest BCUT2D eigenvalue weighted by atomic mass is 35.5. The van der Waals surface area contributed by atoms with Gasteiger partial charge in [0, 0.05) is 24.0 Å². The number of benzene rings is 3. The molecule has 0 fully saturated rings. The third-order valence-corrected chi connectivity index (χ3v) is 5.64. The molecule has 0 saturated heterocycles. The smallest absolute Gasteiger partial charge is 0.416 e. The Kier molecular flexibility index (Phi) is 24.0. The number of halogens is 10. The summed E-state index contributed by atoms with van der Waals surface area (Å²) in [6.45, 7) is 16.7. The van der Waals surface area contributed by atoms with Gasteiger partial charge in [0.1, 0.15) is 11.8 Å². The molecule has 0 unspecified atom stereocenters. The Bertz CT molecular complexity index is 1940. The lowest BCUT2D eigenvalue weighted by Crippen LogP contribution is -2.15. The van der Waals surface area contributed by atoms with E-state index >= 15 is 0 Å². The fraction of sp³-hybridized carbons (Fsp3) is 0.250. The van der Waals surface area contributed by atoms with Gasteiger partial charge in [0.15, 0.2) is 5.57 Å². The van der Waals surface area contributed by atoms with E-state index in [1.165, 1.54) is 25.1 Å². The Morgan fingerprint density at radius 2 is 1.09 bits per heavy atom. The van der Waals surface area contributed by atoms with E-state index in [0.29, 0.717) is 12.3 Å². The Morgan fingerprint density at radius 1 is 0.741 bits per heavy atom. The summed E-state index contributed by atoms with van der Waals surface area (Å²) in [4.78, 5) is 47.5. The number of rotatable bonds is 6. The molecule has 12 nitrogen and oxygen atoms in total. The van der Waals surface area contributed by atoms with Crippen molar-refractivity contribution >= 4 is 51.7 Å². The third-order valence-electron chi connectivity index (χ3n) is 5.64. The molecule has 0 spiro atoms. The number of anilines is 3. The number of nitrogens with two attached hydrogens (primary N) is 1. The van der Waals surface area contributed by atoms with Crippen molar-refractivity contribution in [1.82, 2.24) is 0 Å². The monoisotopic (exact) mass is 850 g/mol. The van der Waals surface area contributed by atoms with Crippen LogP contribution in [-0.4, -0.2) is 47.8 Å². The molecule has 0 bridgehead atoms. The predicted molar refractivity (Wildman–Crippen MR) is 193 cm³/mol. The minimum atomic E-state index is -4.46. The molecular weight excluding hydrogens is 819 g/mol. The first-order chi connectivity index (χ1) is 26.7. The normalized spacial score (nSPS) is 10.7. The Morgan fingerprint density at radius 3 is 1.38 bits per heavy atom. The van der Waals surface area contributed by atoms with E-state index < -0.39 is 64.3 Å². The van der Waals surface area contributed by atoms with Crippen LogP contribution < -0.4 is 16.4 Å². The van der Waals surface area contributed by atoms with Crippen molar-refractivity contribution in [2.75, 3.05) is 36.1 Å². The molecule has 0 aliphatic rings. The molecular formula is C36H32ClF9N6O6. The van der Waals surface area contributed by atoms with E-state index in [9.17, 15) is 58.7 Å². The Balaban J connectivity index is 0. The maximum absolute atomic E-state index is 12.3. The summed E-state index contributed by atoms with van der Waals surface area (Å²) in [5.41, 5.74) is 3.06. The quantitative estimate of drug-likeness (QED) is 0.0277. The van der Waals surface area contributed by atoms with Crippen LogP contribution in [0.4, 0.5) is 56.6 Å². The van der Waals surface area contributed by atoms with Gasteiger partial charge in [-0.3, -0.25) is 14.4 Å². The van der Waals surface area contributed by atoms with Crippen molar-refractivity contribution in [2.45, 2.75) is 39.3 Å². The van der Waals surface area contributed by atoms with Gasteiger partial charge in [0.2, 0.25) is 5.24 Å². The molecule has 0 radical (unpaired) electrons. The van der Waals surface area contributed by atoms with Crippen LogP contribution in [0, 0.1) is 24.5 Å². The number of allylic oxidation sites excluding steroid dienone is 1. The second-order valence-corrected chi connectivity index (χ2v) is 10.8. The number of nitrogens with one attached hydrogen (secondary N) is 2. The maximum Gasteiger partial charge on any atom is 0.416 e. The van der Waals surface area contributed by atoms with Crippen LogP contribution in [0.1, 0.15) is 37.5 Å². The van der Waals surface area contributed by atoms with Crippen LogP contribution in [0.25, 0.3) is 9.69 Å². The van der Waals surface area contributed by atoms with E-state index in [2.05, 4.69) is 36.7 Å². The van der Waals surface area contributed by atoms with Gasteiger partial charge in [-0.15, -0.1) is 0 Å². The number of esters is 1. The number of carbonyl (C=O) groups is 4. The molecule has 2 amide bonds. The zero-order chi connectivity index (χ0) is 45.3. The van der Waals surface area contributed by atoms with Gasteiger partial charge in [-0.1, -0.05) is 0 Å². The van der Waals surface area contributed by atoms with Crippen molar-refractivity contribution < 1.29 is 68.5 Å². The van der Waals surface area contributed by atoms with Gasteiger partial charge in [0.25, 0.3) is 12.5 Å². The zero-order valence-corrected chi connectivity index (χ0v) is 31.0. The van der Waals surface area contributed by atoms with E-state index in [4.69, 9.17) is 29.2 Å². The number of carbonyl (C=O) groups excluding carboxylic acids is 4. The van der Waals surface area contributed by atoms with E-state index in [1.54, 1.807) is 6.92 Å². The molecule has 0 aliphatic heterocycles. The van der Waals surface area contributed by atoms with Gasteiger partial charge >= 0.3 is 37.0 Å². The van der Waals surface area contributed by atoms with Crippen LogP contribution in [0.15, 0.2) is 84.1 Å². The van der Waals surface area contributed by atoms with Crippen molar-refractivity contribution in [3.8, 4) is 6.07 Å². The Labute approximate surface area is 330 Å². The lowest BCUT2D eigenvalue weighted by atomic mass is 10.2. The van der Waals surface area contributed by atoms with Gasteiger partial charge in [0.05, 0.1) is 23.3 Å². The summed E-state index contributed by atoms with van der Waals surface area (Å²) >= 11 is 4.64. The zero-order valence-electron chi connectivity index (χ0n) is 30.2.